The Morgan fingerprint density at radius 3 is 2.55 bits per heavy atom. The van der Waals surface area contributed by atoms with Crippen LogP contribution in [-0.4, -0.2) is 23.1 Å². The van der Waals surface area contributed by atoms with Gasteiger partial charge in [-0.1, -0.05) is 23.2 Å². The lowest BCUT2D eigenvalue weighted by atomic mass is 10.2. The van der Waals surface area contributed by atoms with E-state index in [9.17, 15) is 4.79 Å². The molecule has 0 saturated heterocycles. The third kappa shape index (κ3) is 4.07. The van der Waals surface area contributed by atoms with Crippen LogP contribution in [0, 0.1) is 0 Å². The average molecular weight is 356 g/mol. The van der Waals surface area contributed by atoms with Crippen LogP contribution in [0.4, 0.5) is 5.69 Å². The van der Waals surface area contributed by atoms with Crippen molar-refractivity contribution in [1.82, 2.24) is 10.3 Å². The van der Waals surface area contributed by atoms with Crippen molar-refractivity contribution >= 4 is 52.1 Å². The number of hydrogen-bond donors (Lipinski definition) is 2. The fraction of sp³-hybridized carbons (Fsp3) is 0.0714. The zero-order valence-corrected chi connectivity index (χ0v) is 13.7. The van der Waals surface area contributed by atoms with E-state index in [1.165, 1.54) is 19.2 Å². The summed E-state index contributed by atoms with van der Waals surface area (Å²) in [5, 5.41) is 6.00. The molecule has 8 heteroatoms. The van der Waals surface area contributed by atoms with Crippen LogP contribution < -0.4 is 15.4 Å². The average Bonchev–Trinajstić information content (AvgIpc) is 2.47. The van der Waals surface area contributed by atoms with Gasteiger partial charge in [0, 0.05) is 11.8 Å². The van der Waals surface area contributed by atoms with Gasteiger partial charge in [-0.25, -0.2) is 0 Å². The Labute approximate surface area is 142 Å². The highest BCUT2D eigenvalue weighted by molar-refractivity contribution is 7.80. The third-order valence-corrected chi connectivity index (χ3v) is 3.38. The normalized spacial score (nSPS) is 9.95. The first-order valence-electron chi connectivity index (χ1n) is 6.06. The van der Waals surface area contributed by atoms with E-state index in [0.29, 0.717) is 11.4 Å². The molecule has 0 aliphatic heterocycles. The molecule has 2 aromatic rings. The molecule has 0 bridgehead atoms. The van der Waals surface area contributed by atoms with Crippen molar-refractivity contribution in [1.29, 1.82) is 0 Å². The predicted octanol–water partition coefficient (Wildman–Crippen LogP) is 3.52. The first-order chi connectivity index (χ1) is 10.5. The van der Waals surface area contributed by atoms with Crippen LogP contribution in [0.1, 0.15) is 10.4 Å². The highest BCUT2D eigenvalue weighted by atomic mass is 35.5. The number of aromatic nitrogens is 1. The van der Waals surface area contributed by atoms with Gasteiger partial charge in [-0.2, -0.15) is 0 Å². The van der Waals surface area contributed by atoms with Crippen molar-refractivity contribution in [2.45, 2.75) is 0 Å². The van der Waals surface area contributed by atoms with Crippen molar-refractivity contribution in [2.75, 3.05) is 12.4 Å². The number of carbonyl (C=O) groups is 1. The molecule has 0 fully saturated rings. The number of methoxy groups -OCH3 is 1. The predicted molar refractivity (Wildman–Crippen MR) is 90.9 cm³/mol. The smallest absolute Gasteiger partial charge is 0.257 e. The Morgan fingerprint density at radius 2 is 2.00 bits per heavy atom. The summed E-state index contributed by atoms with van der Waals surface area (Å²) in [6, 6.07) is 6.42. The molecule has 1 aromatic carbocycles. The maximum absolute atomic E-state index is 12.1. The van der Waals surface area contributed by atoms with E-state index in [4.69, 9.17) is 40.2 Å². The number of ether oxygens (including phenoxy) is 1. The van der Waals surface area contributed by atoms with Crippen LogP contribution in [0.3, 0.4) is 0 Å². The minimum atomic E-state index is -0.437. The lowest BCUT2D eigenvalue weighted by Crippen LogP contribution is -2.34. The molecule has 2 rings (SSSR count). The van der Waals surface area contributed by atoms with Crippen molar-refractivity contribution in [2.24, 2.45) is 0 Å². The number of amides is 1. The minimum absolute atomic E-state index is 0.140. The number of carbonyl (C=O) groups excluding carboxylic acids is 1. The first kappa shape index (κ1) is 16.5. The second-order valence-electron chi connectivity index (χ2n) is 4.12. The largest absolute Gasteiger partial charge is 0.494 e. The summed E-state index contributed by atoms with van der Waals surface area (Å²) < 4.78 is 5.03. The van der Waals surface area contributed by atoms with E-state index < -0.39 is 5.91 Å². The molecule has 1 aromatic heterocycles. The topological polar surface area (TPSA) is 63.2 Å². The zero-order chi connectivity index (χ0) is 16.1. The molecule has 22 heavy (non-hydrogen) atoms. The van der Waals surface area contributed by atoms with Gasteiger partial charge in [0.2, 0.25) is 0 Å². The summed E-state index contributed by atoms with van der Waals surface area (Å²) in [6.45, 7) is 0. The molecule has 114 valence electrons. The molecule has 2 N–H and O–H groups in total. The summed E-state index contributed by atoms with van der Waals surface area (Å²) in [5.41, 5.74) is 0.935. The second kappa shape index (κ2) is 7.40. The number of nitrogens with one attached hydrogen (secondary N) is 2. The van der Waals surface area contributed by atoms with Gasteiger partial charge in [0.05, 0.1) is 29.0 Å². The van der Waals surface area contributed by atoms with Gasteiger partial charge in [0.1, 0.15) is 0 Å². The molecular formula is C14H11Cl2N3O2S. The summed E-state index contributed by atoms with van der Waals surface area (Å²) in [6.07, 6.45) is 3.22. The molecule has 0 spiro atoms. The monoisotopic (exact) mass is 355 g/mol. The van der Waals surface area contributed by atoms with Gasteiger partial charge < -0.3 is 10.1 Å². The van der Waals surface area contributed by atoms with E-state index in [2.05, 4.69) is 15.6 Å². The number of benzene rings is 1. The van der Waals surface area contributed by atoms with E-state index in [-0.39, 0.29) is 20.7 Å². The Morgan fingerprint density at radius 1 is 1.32 bits per heavy atom. The Kier molecular flexibility index (Phi) is 5.54. The van der Waals surface area contributed by atoms with Crippen LogP contribution in [-0.2, 0) is 0 Å². The number of thiocarbonyl (C=S) groups is 1. The third-order valence-electron chi connectivity index (χ3n) is 2.61. The maximum atomic E-state index is 12.1. The summed E-state index contributed by atoms with van der Waals surface area (Å²) in [5.74, 6) is -0.121. The molecule has 1 amide bonds. The van der Waals surface area contributed by atoms with Gasteiger partial charge in [-0.3, -0.25) is 15.1 Å². The van der Waals surface area contributed by atoms with E-state index >= 15 is 0 Å². The molecule has 0 aliphatic carbocycles. The Balaban J connectivity index is 2.08. The maximum Gasteiger partial charge on any atom is 0.257 e. The molecule has 0 atom stereocenters. The number of nitrogens with zero attached hydrogens (tertiary/aromatic N) is 1. The number of rotatable bonds is 3. The fourth-order valence-electron chi connectivity index (χ4n) is 1.66. The second-order valence-corrected chi connectivity index (χ2v) is 5.35. The molecule has 0 saturated carbocycles. The fourth-order valence-corrected chi connectivity index (χ4v) is 2.51. The van der Waals surface area contributed by atoms with Gasteiger partial charge in [-0.15, -0.1) is 0 Å². The lowest BCUT2D eigenvalue weighted by molar-refractivity contribution is 0.0977. The van der Waals surface area contributed by atoms with Crippen molar-refractivity contribution in [3.63, 3.8) is 0 Å². The van der Waals surface area contributed by atoms with Crippen LogP contribution in [0.15, 0.2) is 36.7 Å². The lowest BCUT2D eigenvalue weighted by Gasteiger charge is -2.11. The van der Waals surface area contributed by atoms with Crippen LogP contribution in [0.25, 0.3) is 0 Å². The highest BCUT2D eigenvalue weighted by Crippen LogP contribution is 2.33. The SMILES string of the molecule is COc1c(Cl)cc(C(=O)NC(=S)Nc2cccnc2)cc1Cl. The van der Waals surface area contributed by atoms with Gasteiger partial charge in [-0.05, 0) is 36.5 Å². The van der Waals surface area contributed by atoms with Crippen molar-refractivity contribution in [3.8, 4) is 5.75 Å². The molecular weight excluding hydrogens is 345 g/mol. The molecule has 0 aliphatic rings. The number of halogens is 2. The van der Waals surface area contributed by atoms with Gasteiger partial charge in [0.25, 0.3) is 5.91 Å². The summed E-state index contributed by atoms with van der Waals surface area (Å²) in [7, 11) is 1.44. The first-order valence-corrected chi connectivity index (χ1v) is 7.23. The number of pyridine rings is 1. The zero-order valence-electron chi connectivity index (χ0n) is 11.4. The molecule has 5 nitrogen and oxygen atoms in total. The Bertz CT molecular complexity index is 687. The quantitative estimate of drug-likeness (QED) is 0.824. The summed E-state index contributed by atoms with van der Waals surface area (Å²) in [4.78, 5) is 16.1. The van der Waals surface area contributed by atoms with Crippen molar-refractivity contribution < 1.29 is 9.53 Å². The standard InChI is InChI=1S/C14H11Cl2N3O2S/c1-21-12-10(15)5-8(6-11(12)16)13(20)19-14(22)18-9-3-2-4-17-7-9/h2-7H,1H3,(H2,18,19,20,22). The van der Waals surface area contributed by atoms with Crippen molar-refractivity contribution in [3.05, 3.63) is 52.3 Å². The van der Waals surface area contributed by atoms with Crippen LogP contribution >= 0.6 is 35.4 Å². The van der Waals surface area contributed by atoms with E-state index in [0.717, 1.165) is 0 Å². The minimum Gasteiger partial charge on any atom is -0.494 e. The Hall–Kier alpha value is -1.89. The molecule has 0 unspecified atom stereocenters. The van der Waals surface area contributed by atoms with E-state index in [1.54, 1.807) is 24.5 Å². The number of anilines is 1. The van der Waals surface area contributed by atoms with Gasteiger partial charge >= 0.3 is 0 Å². The highest BCUT2D eigenvalue weighted by Gasteiger charge is 2.14. The molecule has 1 heterocycles. The van der Waals surface area contributed by atoms with E-state index in [1.807, 2.05) is 0 Å². The van der Waals surface area contributed by atoms with Crippen LogP contribution in [0.5, 0.6) is 5.75 Å². The number of hydrogen-bond acceptors (Lipinski definition) is 4. The van der Waals surface area contributed by atoms with Crippen LogP contribution in [0.2, 0.25) is 10.0 Å². The van der Waals surface area contributed by atoms with Gasteiger partial charge in [0.15, 0.2) is 10.9 Å². The summed E-state index contributed by atoms with van der Waals surface area (Å²) >= 11 is 17.1. The molecule has 0 radical (unpaired) electrons.